The number of ether oxygens (including phenoxy) is 2. The number of benzene rings is 1. The van der Waals surface area contributed by atoms with Gasteiger partial charge in [-0.05, 0) is 5.56 Å². The van der Waals surface area contributed by atoms with Crippen molar-refractivity contribution < 1.29 is 14.6 Å². The number of hydrogen-bond donors (Lipinski definition) is 1. The second-order valence-corrected chi connectivity index (χ2v) is 4.61. The molecule has 3 heteroatoms. The van der Waals surface area contributed by atoms with E-state index >= 15 is 0 Å². The van der Waals surface area contributed by atoms with Crippen LogP contribution in [-0.2, 0) is 16.1 Å². The van der Waals surface area contributed by atoms with Gasteiger partial charge in [-0.25, -0.2) is 0 Å². The molecule has 1 aliphatic carbocycles. The molecule has 0 unspecified atom stereocenters. The smallest absolute Gasteiger partial charge is 0.0917 e. The summed E-state index contributed by atoms with van der Waals surface area (Å²) >= 11 is 0. The number of aliphatic hydroxyl groups is 1. The molecule has 1 N–H and O–H groups in total. The molecular formula is C13H16O3. The molecule has 0 spiro atoms. The van der Waals surface area contributed by atoms with Crippen LogP contribution in [0.1, 0.15) is 12.0 Å². The molecule has 1 saturated carbocycles. The average Bonchev–Trinajstić information content (AvgIpc) is 2.98. The Morgan fingerprint density at radius 2 is 2.12 bits per heavy atom. The Morgan fingerprint density at radius 3 is 2.81 bits per heavy atom. The summed E-state index contributed by atoms with van der Waals surface area (Å²) in [6, 6.07) is 10.1. The summed E-state index contributed by atoms with van der Waals surface area (Å²) in [5.41, 5.74) is 1.17. The van der Waals surface area contributed by atoms with Gasteiger partial charge >= 0.3 is 0 Å². The molecule has 1 heterocycles. The molecule has 1 aromatic carbocycles. The van der Waals surface area contributed by atoms with Crippen LogP contribution in [0.3, 0.4) is 0 Å². The van der Waals surface area contributed by atoms with Gasteiger partial charge in [-0.2, -0.15) is 0 Å². The van der Waals surface area contributed by atoms with Gasteiger partial charge in [0.15, 0.2) is 0 Å². The van der Waals surface area contributed by atoms with E-state index in [1.54, 1.807) is 0 Å². The predicted octanol–water partition coefficient (Wildman–Crippen LogP) is 1.35. The number of fused-ring (bicyclic) bond motifs is 1. The molecule has 3 nitrogen and oxygen atoms in total. The zero-order chi connectivity index (χ0) is 11.0. The van der Waals surface area contributed by atoms with Crippen LogP contribution < -0.4 is 0 Å². The summed E-state index contributed by atoms with van der Waals surface area (Å²) in [5.74, 6) is 0.175. The van der Waals surface area contributed by atoms with E-state index in [0.717, 1.165) is 6.42 Å². The van der Waals surface area contributed by atoms with Crippen molar-refractivity contribution in [2.45, 2.75) is 31.3 Å². The lowest BCUT2D eigenvalue weighted by molar-refractivity contribution is 0.00570. The lowest BCUT2D eigenvalue weighted by Gasteiger charge is -2.16. The fourth-order valence-corrected chi connectivity index (χ4v) is 2.45. The third-order valence-electron chi connectivity index (χ3n) is 3.43. The zero-order valence-electron chi connectivity index (χ0n) is 9.08. The Hall–Kier alpha value is -0.900. The standard InChI is InChI=1S/C13H16O3/c14-11-6-12-13(16-12)10(11)8-15-7-9-4-2-1-3-5-9/h1-5,10-14H,6-8H2/t10-,11+,12+,13-/m0/s1. The Morgan fingerprint density at radius 1 is 1.31 bits per heavy atom. The number of hydrogen-bond acceptors (Lipinski definition) is 3. The molecule has 86 valence electrons. The largest absolute Gasteiger partial charge is 0.393 e. The normalized spacial score (nSPS) is 36.1. The Kier molecular flexibility index (Phi) is 2.67. The molecule has 2 aliphatic rings. The lowest BCUT2D eigenvalue weighted by Crippen LogP contribution is -2.25. The minimum atomic E-state index is -0.237. The van der Waals surface area contributed by atoms with Gasteiger partial charge in [-0.3, -0.25) is 0 Å². The van der Waals surface area contributed by atoms with Crippen LogP contribution in [0.15, 0.2) is 30.3 Å². The molecule has 0 amide bonds. The molecule has 1 aliphatic heterocycles. The fraction of sp³-hybridized carbons (Fsp3) is 0.538. The summed E-state index contributed by atoms with van der Waals surface area (Å²) in [6.45, 7) is 1.21. The van der Waals surface area contributed by atoms with Gasteiger partial charge < -0.3 is 14.6 Å². The SMILES string of the molecule is O[C@@H]1C[C@H]2O[C@H]2[C@H]1COCc1ccccc1. The van der Waals surface area contributed by atoms with Crippen molar-refractivity contribution in [1.29, 1.82) is 0 Å². The van der Waals surface area contributed by atoms with E-state index in [2.05, 4.69) is 0 Å². The summed E-state index contributed by atoms with van der Waals surface area (Å²) in [4.78, 5) is 0. The maximum Gasteiger partial charge on any atom is 0.0917 e. The molecule has 4 atom stereocenters. The summed E-state index contributed by atoms with van der Waals surface area (Å²) in [7, 11) is 0. The minimum absolute atomic E-state index is 0.175. The van der Waals surface area contributed by atoms with Gasteiger partial charge in [-0.15, -0.1) is 0 Å². The highest BCUT2D eigenvalue weighted by Crippen LogP contribution is 2.43. The van der Waals surface area contributed by atoms with Gasteiger partial charge in [0.05, 0.1) is 31.5 Å². The average molecular weight is 220 g/mol. The first-order valence-electron chi connectivity index (χ1n) is 5.80. The molecule has 16 heavy (non-hydrogen) atoms. The Balaban J connectivity index is 1.47. The molecule has 0 aromatic heterocycles. The van der Waals surface area contributed by atoms with Crippen molar-refractivity contribution in [3.8, 4) is 0 Å². The lowest BCUT2D eigenvalue weighted by atomic mass is 10.1. The van der Waals surface area contributed by atoms with Gasteiger partial charge in [-0.1, -0.05) is 30.3 Å². The van der Waals surface area contributed by atoms with Crippen LogP contribution in [0.5, 0.6) is 0 Å². The van der Waals surface area contributed by atoms with Gasteiger partial charge in [0.2, 0.25) is 0 Å². The van der Waals surface area contributed by atoms with E-state index in [9.17, 15) is 5.11 Å². The van der Waals surface area contributed by atoms with Crippen LogP contribution in [-0.4, -0.2) is 30.0 Å². The van der Waals surface area contributed by atoms with Crippen LogP contribution >= 0.6 is 0 Å². The van der Waals surface area contributed by atoms with E-state index in [0.29, 0.717) is 19.3 Å². The quantitative estimate of drug-likeness (QED) is 0.779. The first-order chi connectivity index (χ1) is 7.84. The van der Waals surface area contributed by atoms with Crippen molar-refractivity contribution in [3.63, 3.8) is 0 Å². The maximum atomic E-state index is 9.73. The molecule has 1 saturated heterocycles. The van der Waals surface area contributed by atoms with Crippen molar-refractivity contribution in [2.24, 2.45) is 5.92 Å². The molecule has 3 rings (SSSR count). The first-order valence-corrected chi connectivity index (χ1v) is 5.80. The fourth-order valence-electron chi connectivity index (χ4n) is 2.45. The van der Waals surface area contributed by atoms with E-state index in [1.165, 1.54) is 5.56 Å². The van der Waals surface area contributed by atoms with Crippen molar-refractivity contribution in [1.82, 2.24) is 0 Å². The number of rotatable bonds is 4. The summed E-state index contributed by atoms with van der Waals surface area (Å²) < 4.78 is 11.0. The first kappa shape index (κ1) is 10.3. The van der Waals surface area contributed by atoms with Crippen molar-refractivity contribution in [3.05, 3.63) is 35.9 Å². The predicted molar refractivity (Wildman–Crippen MR) is 58.9 cm³/mol. The topological polar surface area (TPSA) is 42.0 Å². The zero-order valence-corrected chi connectivity index (χ0v) is 9.08. The molecule has 0 radical (unpaired) electrons. The highest BCUT2D eigenvalue weighted by molar-refractivity contribution is 5.13. The van der Waals surface area contributed by atoms with E-state index in [-0.39, 0.29) is 18.1 Å². The number of epoxide rings is 1. The van der Waals surface area contributed by atoms with E-state index < -0.39 is 0 Å². The van der Waals surface area contributed by atoms with Crippen LogP contribution in [0.4, 0.5) is 0 Å². The van der Waals surface area contributed by atoms with Crippen LogP contribution in [0.2, 0.25) is 0 Å². The van der Waals surface area contributed by atoms with Gasteiger partial charge in [0, 0.05) is 12.3 Å². The molecule has 1 aromatic rings. The highest BCUT2D eigenvalue weighted by atomic mass is 16.6. The Labute approximate surface area is 95.0 Å². The minimum Gasteiger partial charge on any atom is -0.393 e. The summed E-state index contributed by atoms with van der Waals surface area (Å²) in [6.07, 6.45) is 1.11. The van der Waals surface area contributed by atoms with E-state index in [4.69, 9.17) is 9.47 Å². The second-order valence-electron chi connectivity index (χ2n) is 4.61. The maximum absolute atomic E-state index is 9.73. The van der Waals surface area contributed by atoms with Crippen LogP contribution in [0.25, 0.3) is 0 Å². The molecule has 0 bridgehead atoms. The van der Waals surface area contributed by atoms with Gasteiger partial charge in [0.1, 0.15) is 0 Å². The monoisotopic (exact) mass is 220 g/mol. The Bertz CT molecular complexity index is 349. The van der Waals surface area contributed by atoms with E-state index in [1.807, 2.05) is 30.3 Å². The van der Waals surface area contributed by atoms with Crippen LogP contribution in [0, 0.1) is 5.92 Å². The molecule has 2 fully saturated rings. The highest BCUT2D eigenvalue weighted by Gasteiger charge is 2.55. The number of aliphatic hydroxyl groups excluding tert-OH is 1. The van der Waals surface area contributed by atoms with Gasteiger partial charge in [0.25, 0.3) is 0 Å². The third-order valence-corrected chi connectivity index (χ3v) is 3.43. The summed E-state index contributed by atoms with van der Waals surface area (Å²) in [5, 5.41) is 9.73. The third kappa shape index (κ3) is 1.98. The molecular weight excluding hydrogens is 204 g/mol. The van der Waals surface area contributed by atoms with Crippen molar-refractivity contribution >= 4 is 0 Å². The van der Waals surface area contributed by atoms with Crippen molar-refractivity contribution in [2.75, 3.05) is 6.61 Å². The second kappa shape index (κ2) is 4.17.